The molecule has 108 valence electrons. The summed E-state index contributed by atoms with van der Waals surface area (Å²) < 4.78 is 32.0. The first-order valence-electron chi connectivity index (χ1n) is 6.08. The highest BCUT2D eigenvalue weighted by atomic mass is 19.1. The minimum absolute atomic E-state index is 0.00481. The van der Waals surface area contributed by atoms with Crippen LogP contribution >= 0.6 is 0 Å². The van der Waals surface area contributed by atoms with E-state index in [1.54, 1.807) is 0 Å². The summed E-state index contributed by atoms with van der Waals surface area (Å²) >= 11 is 0. The second-order valence-electron chi connectivity index (χ2n) is 4.91. The first-order chi connectivity index (χ1) is 9.38. The van der Waals surface area contributed by atoms with Gasteiger partial charge in [0.15, 0.2) is 5.82 Å². The van der Waals surface area contributed by atoms with E-state index in [0.29, 0.717) is 12.1 Å². The molecular formula is C13H16F2N4O. The maximum absolute atomic E-state index is 13.7. The largest absolute Gasteiger partial charge is 0.334 e. The molecule has 5 nitrogen and oxygen atoms in total. The lowest BCUT2D eigenvalue weighted by Crippen LogP contribution is -2.26. The van der Waals surface area contributed by atoms with Crippen molar-refractivity contribution >= 4 is 0 Å². The average Bonchev–Trinajstić information content (AvgIpc) is 2.82. The summed E-state index contributed by atoms with van der Waals surface area (Å²) in [5.41, 5.74) is 6.27. The standard InChI is InChI=1S/C13H16F2N4O/c1-7-4-8(10(15)5-9(7)14)13-17-12(18-20-13)11(16)6-19(2)3/h4-5,11H,6,16H2,1-3H3. The second kappa shape index (κ2) is 5.64. The van der Waals surface area contributed by atoms with Gasteiger partial charge >= 0.3 is 0 Å². The van der Waals surface area contributed by atoms with E-state index in [-0.39, 0.29) is 17.3 Å². The van der Waals surface area contributed by atoms with Gasteiger partial charge in [-0.3, -0.25) is 0 Å². The topological polar surface area (TPSA) is 68.2 Å². The average molecular weight is 282 g/mol. The molecule has 7 heteroatoms. The van der Waals surface area contributed by atoms with Gasteiger partial charge in [0.2, 0.25) is 0 Å². The van der Waals surface area contributed by atoms with E-state index in [1.165, 1.54) is 13.0 Å². The Morgan fingerprint density at radius 2 is 2.00 bits per heavy atom. The Hall–Kier alpha value is -1.86. The molecule has 2 N–H and O–H groups in total. The minimum Gasteiger partial charge on any atom is -0.334 e. The third-order valence-corrected chi connectivity index (χ3v) is 2.81. The number of nitrogens with two attached hydrogens (primary N) is 1. The molecule has 0 saturated heterocycles. The van der Waals surface area contributed by atoms with Gasteiger partial charge in [-0.25, -0.2) is 8.78 Å². The summed E-state index contributed by atoms with van der Waals surface area (Å²) in [6.07, 6.45) is 0. The van der Waals surface area contributed by atoms with Crippen LogP contribution in [0.5, 0.6) is 0 Å². The fourth-order valence-corrected chi connectivity index (χ4v) is 1.79. The summed E-state index contributed by atoms with van der Waals surface area (Å²) in [5, 5.41) is 3.74. The molecule has 0 bridgehead atoms. The number of aromatic nitrogens is 2. The molecule has 1 aromatic heterocycles. The number of aryl methyl sites for hydroxylation is 1. The molecule has 20 heavy (non-hydrogen) atoms. The molecule has 0 aliphatic rings. The Morgan fingerprint density at radius 1 is 1.30 bits per heavy atom. The number of benzene rings is 1. The Kier molecular flexibility index (Phi) is 4.10. The second-order valence-corrected chi connectivity index (χ2v) is 4.91. The van der Waals surface area contributed by atoms with Crippen LogP contribution in [0.4, 0.5) is 8.78 Å². The van der Waals surface area contributed by atoms with Gasteiger partial charge in [0.1, 0.15) is 11.6 Å². The smallest absolute Gasteiger partial charge is 0.260 e. The van der Waals surface area contributed by atoms with Crippen LogP contribution in [-0.4, -0.2) is 35.7 Å². The molecule has 0 aliphatic carbocycles. The lowest BCUT2D eigenvalue weighted by Gasteiger charge is -2.12. The minimum atomic E-state index is -0.746. The van der Waals surface area contributed by atoms with Crippen molar-refractivity contribution in [1.29, 1.82) is 0 Å². The zero-order chi connectivity index (χ0) is 14.9. The van der Waals surface area contributed by atoms with E-state index in [2.05, 4.69) is 10.1 Å². The van der Waals surface area contributed by atoms with Crippen molar-refractivity contribution in [3.05, 3.63) is 35.2 Å². The molecule has 1 heterocycles. The van der Waals surface area contributed by atoms with Crippen molar-refractivity contribution in [2.24, 2.45) is 5.73 Å². The zero-order valence-corrected chi connectivity index (χ0v) is 11.5. The molecule has 0 radical (unpaired) electrons. The highest BCUT2D eigenvalue weighted by Crippen LogP contribution is 2.24. The zero-order valence-electron chi connectivity index (χ0n) is 11.5. The molecule has 0 amide bonds. The number of halogens is 2. The van der Waals surface area contributed by atoms with E-state index in [0.717, 1.165) is 6.07 Å². The van der Waals surface area contributed by atoms with E-state index < -0.39 is 17.7 Å². The van der Waals surface area contributed by atoms with Gasteiger partial charge in [0.05, 0.1) is 11.6 Å². The lowest BCUT2D eigenvalue weighted by molar-refractivity contribution is 0.357. The number of likely N-dealkylation sites (N-methyl/N-ethyl adjacent to an activating group) is 1. The van der Waals surface area contributed by atoms with Crippen LogP contribution in [0.15, 0.2) is 16.7 Å². The maximum Gasteiger partial charge on any atom is 0.260 e. The van der Waals surface area contributed by atoms with E-state index in [1.807, 2.05) is 19.0 Å². The first kappa shape index (κ1) is 14.5. The van der Waals surface area contributed by atoms with Crippen LogP contribution in [0.2, 0.25) is 0 Å². The Bertz CT molecular complexity index is 612. The monoisotopic (exact) mass is 282 g/mol. The molecule has 0 aliphatic heterocycles. The van der Waals surface area contributed by atoms with Crippen LogP contribution < -0.4 is 5.73 Å². The Labute approximate surface area is 115 Å². The molecule has 0 fully saturated rings. The van der Waals surface area contributed by atoms with Gasteiger partial charge in [-0.2, -0.15) is 4.98 Å². The fourth-order valence-electron chi connectivity index (χ4n) is 1.79. The van der Waals surface area contributed by atoms with Crippen molar-refractivity contribution in [2.45, 2.75) is 13.0 Å². The molecular weight excluding hydrogens is 266 g/mol. The third-order valence-electron chi connectivity index (χ3n) is 2.81. The van der Waals surface area contributed by atoms with Gasteiger partial charge in [0.25, 0.3) is 5.89 Å². The van der Waals surface area contributed by atoms with Crippen molar-refractivity contribution in [3.63, 3.8) is 0 Å². The van der Waals surface area contributed by atoms with Gasteiger partial charge in [0, 0.05) is 12.6 Å². The van der Waals surface area contributed by atoms with Gasteiger partial charge < -0.3 is 15.2 Å². The summed E-state index contributed by atoms with van der Waals surface area (Å²) in [6, 6.07) is 1.69. The lowest BCUT2D eigenvalue weighted by atomic mass is 10.1. The number of hydrogen-bond acceptors (Lipinski definition) is 5. The van der Waals surface area contributed by atoms with Gasteiger partial charge in [-0.1, -0.05) is 5.16 Å². The number of rotatable bonds is 4. The predicted octanol–water partition coefficient (Wildman–Crippen LogP) is 1.88. The van der Waals surface area contributed by atoms with Crippen molar-refractivity contribution in [3.8, 4) is 11.5 Å². The molecule has 1 atom stereocenters. The van der Waals surface area contributed by atoms with Crippen LogP contribution in [0, 0.1) is 18.6 Å². The molecule has 2 rings (SSSR count). The summed E-state index contributed by atoms with van der Waals surface area (Å²) in [6.45, 7) is 2.07. The molecule has 0 saturated carbocycles. The van der Waals surface area contributed by atoms with Crippen molar-refractivity contribution in [1.82, 2.24) is 15.0 Å². The molecule has 1 unspecified atom stereocenters. The van der Waals surface area contributed by atoms with Crippen molar-refractivity contribution < 1.29 is 13.3 Å². The predicted molar refractivity (Wildman–Crippen MR) is 69.9 cm³/mol. The normalized spacial score (nSPS) is 12.9. The Balaban J connectivity index is 2.31. The highest BCUT2D eigenvalue weighted by Gasteiger charge is 2.19. The molecule has 0 spiro atoms. The summed E-state index contributed by atoms with van der Waals surface area (Å²) in [4.78, 5) is 5.95. The van der Waals surface area contributed by atoms with E-state index in [4.69, 9.17) is 10.3 Å². The molecule has 2 aromatic rings. The molecule has 1 aromatic carbocycles. The number of hydrogen-bond donors (Lipinski definition) is 1. The van der Waals surface area contributed by atoms with E-state index in [9.17, 15) is 8.78 Å². The maximum atomic E-state index is 13.7. The highest BCUT2D eigenvalue weighted by molar-refractivity contribution is 5.55. The van der Waals surface area contributed by atoms with Crippen LogP contribution in [0.25, 0.3) is 11.5 Å². The van der Waals surface area contributed by atoms with Gasteiger partial charge in [-0.15, -0.1) is 0 Å². The third kappa shape index (κ3) is 3.00. The Morgan fingerprint density at radius 3 is 2.65 bits per heavy atom. The summed E-state index contributed by atoms with van der Waals surface area (Å²) in [5.74, 6) is -1.08. The van der Waals surface area contributed by atoms with Gasteiger partial charge in [-0.05, 0) is 32.6 Å². The van der Waals surface area contributed by atoms with E-state index >= 15 is 0 Å². The van der Waals surface area contributed by atoms with Crippen LogP contribution in [-0.2, 0) is 0 Å². The van der Waals surface area contributed by atoms with Crippen LogP contribution in [0.1, 0.15) is 17.4 Å². The van der Waals surface area contributed by atoms with Crippen LogP contribution in [0.3, 0.4) is 0 Å². The first-order valence-corrected chi connectivity index (χ1v) is 6.08. The number of nitrogens with zero attached hydrogens (tertiary/aromatic N) is 3. The fraction of sp³-hybridized carbons (Fsp3) is 0.385. The summed E-state index contributed by atoms with van der Waals surface area (Å²) in [7, 11) is 3.73. The van der Waals surface area contributed by atoms with Crippen molar-refractivity contribution in [2.75, 3.05) is 20.6 Å². The quantitative estimate of drug-likeness (QED) is 0.927. The SMILES string of the molecule is Cc1cc(-c2nc(C(N)CN(C)C)no2)c(F)cc1F.